The number of nitrogens with zero attached hydrogens (tertiary/aromatic N) is 3. The second kappa shape index (κ2) is 17.9. The van der Waals surface area contributed by atoms with Crippen molar-refractivity contribution in [1.82, 2.24) is 9.97 Å². The molecule has 0 bridgehead atoms. The lowest BCUT2D eigenvalue weighted by Gasteiger charge is -2.13. The molecule has 0 fully saturated rings. The molecule has 1 aromatic heterocycles. The van der Waals surface area contributed by atoms with Crippen LogP contribution in [0.4, 0.5) is 17.2 Å². The van der Waals surface area contributed by atoms with E-state index in [1.807, 2.05) is 58.9 Å². The van der Waals surface area contributed by atoms with E-state index in [2.05, 4.69) is 31.2 Å². The van der Waals surface area contributed by atoms with Crippen molar-refractivity contribution in [3.05, 3.63) is 57.3 Å². The van der Waals surface area contributed by atoms with Crippen molar-refractivity contribution in [3.8, 4) is 5.75 Å². The van der Waals surface area contributed by atoms with E-state index >= 15 is 0 Å². The molecular weight excluding hydrogens is 548 g/mol. The fourth-order valence-corrected chi connectivity index (χ4v) is 3.65. The predicted molar refractivity (Wildman–Crippen MR) is 151 cm³/mol. The number of fused-ring (bicyclic) bond motifs is 1. The van der Waals surface area contributed by atoms with Crippen molar-refractivity contribution in [2.45, 2.75) is 52.7 Å². The lowest BCUT2D eigenvalue weighted by molar-refractivity contribution is -0.385. The van der Waals surface area contributed by atoms with E-state index in [1.54, 1.807) is 6.07 Å². The van der Waals surface area contributed by atoms with Crippen molar-refractivity contribution in [2.75, 3.05) is 25.1 Å². The van der Waals surface area contributed by atoms with Gasteiger partial charge in [0.25, 0.3) is 0 Å². The largest absolute Gasteiger partial charge is 0.418 e. The lowest BCUT2D eigenvalue weighted by Crippen LogP contribution is -2.05. The van der Waals surface area contributed by atoms with Crippen molar-refractivity contribution in [2.24, 2.45) is 0 Å². The van der Waals surface area contributed by atoms with Gasteiger partial charge < -0.3 is 19.3 Å². The van der Waals surface area contributed by atoms with Gasteiger partial charge in [0.2, 0.25) is 5.75 Å². The van der Waals surface area contributed by atoms with Gasteiger partial charge in [-0.1, -0.05) is 42.8 Å². The number of nitrogens with one attached hydrogen (secondary N) is 1. The Morgan fingerprint density at radius 3 is 2.56 bits per heavy atom. The molecule has 2 N–H and O–H groups in total. The van der Waals surface area contributed by atoms with Gasteiger partial charge >= 0.3 is 5.69 Å². The lowest BCUT2D eigenvalue weighted by atomic mass is 10.2. The summed E-state index contributed by atoms with van der Waals surface area (Å²) in [4.78, 5) is 19.7. The molecule has 36 heavy (non-hydrogen) atoms. The predicted octanol–water partition coefficient (Wildman–Crippen LogP) is 7.30. The summed E-state index contributed by atoms with van der Waals surface area (Å²) >= 11 is 4.61. The van der Waals surface area contributed by atoms with Crippen LogP contribution in [0.5, 0.6) is 5.75 Å². The maximum atomic E-state index is 11.7. The smallest absolute Gasteiger partial charge is 0.313 e. The first-order valence-electron chi connectivity index (χ1n) is 11.9. The maximum Gasteiger partial charge on any atom is 0.313 e. The SMILES string of the molecule is CC.CCCO.CCOCCC(C)SOc1cc2ncnc(Nc3cccc(Br)c3)c2cc1[N+](=O)[O-]. The first-order valence-corrected chi connectivity index (χ1v) is 13.5. The van der Waals surface area contributed by atoms with Gasteiger partial charge in [-0.25, -0.2) is 9.97 Å². The van der Waals surface area contributed by atoms with E-state index in [-0.39, 0.29) is 16.7 Å². The summed E-state index contributed by atoms with van der Waals surface area (Å²) in [6.07, 6.45) is 3.07. The fraction of sp³-hybridized carbons (Fsp3) is 0.440. The molecule has 0 saturated carbocycles. The number of rotatable bonds is 11. The zero-order valence-electron chi connectivity index (χ0n) is 21.4. The van der Waals surface area contributed by atoms with Gasteiger partial charge in [0, 0.05) is 47.4 Å². The number of anilines is 2. The zero-order valence-corrected chi connectivity index (χ0v) is 23.8. The van der Waals surface area contributed by atoms with Crippen molar-refractivity contribution in [1.29, 1.82) is 0 Å². The van der Waals surface area contributed by atoms with Crippen LogP contribution >= 0.6 is 28.0 Å². The molecule has 198 valence electrons. The van der Waals surface area contributed by atoms with E-state index in [0.29, 0.717) is 36.5 Å². The summed E-state index contributed by atoms with van der Waals surface area (Å²) in [6.45, 7) is 11.4. The molecular formula is C25H35BrN4O5S. The summed E-state index contributed by atoms with van der Waals surface area (Å²) in [6, 6.07) is 10.6. The highest BCUT2D eigenvalue weighted by Crippen LogP contribution is 2.37. The first kappa shape index (κ1) is 31.6. The Bertz CT molecular complexity index is 1070. The minimum Gasteiger partial charge on any atom is -0.418 e. The highest BCUT2D eigenvalue weighted by Gasteiger charge is 2.21. The number of hydrogen-bond acceptors (Lipinski definition) is 9. The van der Waals surface area contributed by atoms with Gasteiger partial charge in [0.1, 0.15) is 12.1 Å². The molecule has 0 aliphatic carbocycles. The summed E-state index contributed by atoms with van der Waals surface area (Å²) in [5.74, 6) is 0.637. The van der Waals surface area contributed by atoms with Crippen LogP contribution in [0.2, 0.25) is 0 Å². The van der Waals surface area contributed by atoms with Gasteiger partial charge in [0.15, 0.2) is 0 Å². The average Bonchev–Trinajstić information content (AvgIpc) is 2.88. The second-order valence-electron chi connectivity index (χ2n) is 7.15. The summed E-state index contributed by atoms with van der Waals surface area (Å²) < 4.78 is 12.0. The molecule has 9 nitrogen and oxygen atoms in total. The number of aliphatic hydroxyl groups excluding tert-OH is 1. The van der Waals surface area contributed by atoms with Crippen LogP contribution in [0.15, 0.2) is 47.2 Å². The third kappa shape index (κ3) is 10.7. The van der Waals surface area contributed by atoms with Crippen molar-refractivity contribution >= 4 is 56.1 Å². The van der Waals surface area contributed by atoms with Crippen LogP contribution in [-0.4, -0.2) is 45.1 Å². The summed E-state index contributed by atoms with van der Waals surface area (Å²) in [7, 11) is 0. The van der Waals surface area contributed by atoms with Crippen LogP contribution in [-0.2, 0) is 4.74 Å². The quantitative estimate of drug-likeness (QED) is 0.104. The van der Waals surface area contributed by atoms with Gasteiger partial charge in [-0.2, -0.15) is 0 Å². The molecule has 0 spiro atoms. The third-order valence-electron chi connectivity index (χ3n) is 4.40. The number of aromatic nitrogens is 2. The number of benzene rings is 2. The number of halogens is 1. The van der Waals surface area contributed by atoms with Crippen LogP contribution in [0.25, 0.3) is 10.9 Å². The second-order valence-corrected chi connectivity index (χ2v) is 9.23. The fourth-order valence-electron chi connectivity index (χ4n) is 2.66. The van der Waals surface area contributed by atoms with Crippen LogP contribution in [0.1, 0.15) is 47.5 Å². The number of nitro groups is 1. The third-order valence-corrected chi connectivity index (χ3v) is 5.73. The van der Waals surface area contributed by atoms with Gasteiger partial charge in [-0.05, 0) is 44.9 Å². The van der Waals surface area contributed by atoms with Crippen molar-refractivity contribution < 1.29 is 18.9 Å². The summed E-state index contributed by atoms with van der Waals surface area (Å²) in [5, 5.41) is 23.4. The molecule has 1 heterocycles. The minimum absolute atomic E-state index is 0.117. The number of hydrogen-bond donors (Lipinski definition) is 2. The highest BCUT2D eigenvalue weighted by molar-refractivity contribution is 9.10. The van der Waals surface area contributed by atoms with E-state index in [9.17, 15) is 10.1 Å². The minimum atomic E-state index is -0.462. The zero-order chi connectivity index (χ0) is 26.9. The number of nitro benzene ring substituents is 1. The topological polar surface area (TPSA) is 120 Å². The Kier molecular flexibility index (Phi) is 15.7. The van der Waals surface area contributed by atoms with E-state index in [0.717, 1.165) is 23.0 Å². The van der Waals surface area contributed by atoms with Crippen LogP contribution in [0.3, 0.4) is 0 Å². The molecule has 1 atom stereocenters. The summed E-state index contributed by atoms with van der Waals surface area (Å²) in [5.41, 5.74) is 1.20. The molecule has 3 rings (SSSR count). The van der Waals surface area contributed by atoms with Crippen LogP contribution in [0, 0.1) is 10.1 Å². The molecule has 0 radical (unpaired) electrons. The van der Waals surface area contributed by atoms with Gasteiger partial charge in [0.05, 0.1) is 27.9 Å². The van der Waals surface area contributed by atoms with Gasteiger partial charge in [-0.15, -0.1) is 0 Å². The Morgan fingerprint density at radius 2 is 1.94 bits per heavy atom. The molecule has 0 amide bonds. The van der Waals surface area contributed by atoms with Crippen LogP contribution < -0.4 is 9.50 Å². The molecule has 0 saturated heterocycles. The van der Waals surface area contributed by atoms with Gasteiger partial charge in [-0.3, -0.25) is 10.1 Å². The Balaban J connectivity index is 0.000000982. The molecule has 0 aliphatic heterocycles. The molecule has 3 aromatic rings. The normalized spacial score (nSPS) is 11.0. The average molecular weight is 584 g/mol. The maximum absolute atomic E-state index is 11.7. The molecule has 11 heteroatoms. The Hall–Kier alpha value is -2.47. The Morgan fingerprint density at radius 1 is 1.22 bits per heavy atom. The monoisotopic (exact) mass is 582 g/mol. The first-order chi connectivity index (χ1) is 17.4. The number of aliphatic hydroxyl groups is 1. The highest BCUT2D eigenvalue weighted by atomic mass is 79.9. The van der Waals surface area contributed by atoms with E-state index < -0.39 is 4.92 Å². The van der Waals surface area contributed by atoms with Crippen molar-refractivity contribution in [3.63, 3.8) is 0 Å². The molecule has 1 unspecified atom stereocenters. The Labute approximate surface area is 225 Å². The van der Waals surface area contributed by atoms with E-state index in [1.165, 1.54) is 24.4 Å². The van der Waals surface area contributed by atoms with E-state index in [4.69, 9.17) is 14.0 Å². The number of ether oxygens (including phenoxy) is 1. The standard InChI is InChI=1S/C20H21BrN4O4S.C3H8O.C2H6/c1-3-28-8-7-13(2)30-29-19-11-17-16(10-18(19)25(26)27)20(23-12-22-17)24-15-6-4-5-14(21)9-15;1-2-3-4;1-2/h4-6,9-13H,3,7-8H2,1-2H3,(H,22,23,24);4H,2-3H2,1H3;1-2H3. The molecule has 0 aliphatic rings. The molecule has 2 aromatic carbocycles.